The Morgan fingerprint density at radius 1 is 1.33 bits per heavy atom. The van der Waals surface area contributed by atoms with Crippen LogP contribution in [0.25, 0.3) is 0 Å². The summed E-state index contributed by atoms with van der Waals surface area (Å²) in [6.07, 6.45) is 5.99. The number of carboxylic acid groups (broad SMARTS) is 1. The maximum absolute atomic E-state index is 10.6. The number of likely N-dealkylation sites (tertiary alicyclic amines) is 1. The molecule has 1 atom stereocenters. The van der Waals surface area contributed by atoms with Crippen molar-refractivity contribution in [1.82, 2.24) is 9.88 Å². The Labute approximate surface area is 129 Å². The fourth-order valence-electron chi connectivity index (χ4n) is 3.29. The first-order valence-corrected chi connectivity index (χ1v) is 8.75. The maximum atomic E-state index is 10.6. The van der Waals surface area contributed by atoms with Gasteiger partial charge >= 0.3 is 5.97 Å². The van der Waals surface area contributed by atoms with Gasteiger partial charge in [0.2, 0.25) is 0 Å². The molecule has 0 bridgehead atoms. The van der Waals surface area contributed by atoms with Crippen LogP contribution in [0.2, 0.25) is 0 Å². The van der Waals surface area contributed by atoms with Crippen LogP contribution in [-0.4, -0.2) is 53.2 Å². The van der Waals surface area contributed by atoms with Crippen molar-refractivity contribution >= 4 is 22.4 Å². The molecule has 2 saturated heterocycles. The molecule has 21 heavy (non-hydrogen) atoms. The first kappa shape index (κ1) is 14.8. The molecule has 1 unspecified atom stereocenters. The molecule has 0 saturated carbocycles. The summed E-state index contributed by atoms with van der Waals surface area (Å²) < 4.78 is 0. The van der Waals surface area contributed by atoms with Crippen LogP contribution in [0.3, 0.4) is 0 Å². The zero-order chi connectivity index (χ0) is 14.7. The lowest BCUT2D eigenvalue weighted by Gasteiger charge is -2.32. The summed E-state index contributed by atoms with van der Waals surface area (Å²) in [7, 11) is 0. The number of nitrogens with zero attached hydrogens (tertiary/aromatic N) is 3. The molecule has 116 valence electrons. The lowest BCUT2D eigenvalue weighted by Crippen LogP contribution is -2.40. The van der Waals surface area contributed by atoms with Crippen molar-refractivity contribution in [3.8, 4) is 0 Å². The van der Waals surface area contributed by atoms with Crippen LogP contribution >= 0.6 is 11.3 Å². The van der Waals surface area contributed by atoms with Crippen molar-refractivity contribution in [1.29, 1.82) is 0 Å². The molecule has 2 aliphatic heterocycles. The third-order valence-electron chi connectivity index (χ3n) is 4.48. The molecule has 2 aliphatic rings. The van der Waals surface area contributed by atoms with Gasteiger partial charge in [-0.2, -0.15) is 0 Å². The normalized spacial score (nSPS) is 23.6. The number of piperidine rings is 1. The first-order valence-electron chi connectivity index (χ1n) is 7.87. The molecule has 1 aromatic rings. The van der Waals surface area contributed by atoms with Crippen LogP contribution in [0.5, 0.6) is 0 Å². The van der Waals surface area contributed by atoms with E-state index in [-0.39, 0.29) is 6.42 Å². The number of aryl methyl sites for hydroxylation is 1. The van der Waals surface area contributed by atoms with Crippen LogP contribution in [0.15, 0.2) is 5.38 Å². The Bertz CT molecular complexity index is 485. The quantitative estimate of drug-likeness (QED) is 0.904. The monoisotopic (exact) mass is 309 g/mol. The van der Waals surface area contributed by atoms with E-state index < -0.39 is 5.97 Å². The predicted octanol–water partition coefficient (Wildman–Crippen LogP) is 2.22. The van der Waals surface area contributed by atoms with Gasteiger partial charge in [0.05, 0.1) is 12.1 Å². The van der Waals surface area contributed by atoms with Crippen LogP contribution in [0.1, 0.15) is 37.8 Å². The molecule has 3 heterocycles. The van der Waals surface area contributed by atoms with Crippen molar-refractivity contribution in [2.45, 2.75) is 44.6 Å². The number of rotatable bonds is 5. The highest BCUT2D eigenvalue weighted by Gasteiger charge is 2.29. The minimum atomic E-state index is -0.754. The Hall–Kier alpha value is -1.14. The van der Waals surface area contributed by atoms with E-state index in [9.17, 15) is 4.79 Å². The molecule has 0 radical (unpaired) electrons. The second-order valence-corrected chi connectivity index (χ2v) is 6.84. The van der Waals surface area contributed by atoms with Gasteiger partial charge in [-0.05, 0) is 32.4 Å². The summed E-state index contributed by atoms with van der Waals surface area (Å²) in [6, 6.07) is 0.677. The van der Waals surface area contributed by atoms with Gasteiger partial charge in [-0.25, -0.2) is 4.98 Å². The van der Waals surface area contributed by atoms with Gasteiger partial charge in [0.1, 0.15) is 0 Å². The summed E-state index contributed by atoms with van der Waals surface area (Å²) in [5.74, 6) is -0.754. The SMILES string of the molecule is O=C(O)CCc1csc(N2CCC(N3CCCCC3)C2)n1. The van der Waals surface area contributed by atoms with E-state index in [1.807, 2.05) is 5.38 Å². The molecular formula is C15H23N3O2S. The van der Waals surface area contributed by atoms with E-state index in [1.165, 1.54) is 38.8 Å². The van der Waals surface area contributed by atoms with Gasteiger partial charge in [-0.1, -0.05) is 6.42 Å². The average molecular weight is 309 g/mol. The number of anilines is 1. The number of hydrogen-bond donors (Lipinski definition) is 1. The highest BCUT2D eigenvalue weighted by molar-refractivity contribution is 7.13. The molecule has 2 fully saturated rings. The minimum absolute atomic E-state index is 0.166. The molecule has 5 nitrogen and oxygen atoms in total. The second-order valence-electron chi connectivity index (χ2n) is 6.00. The first-order chi connectivity index (χ1) is 10.2. The Kier molecular flexibility index (Phi) is 4.75. The van der Waals surface area contributed by atoms with Crippen LogP contribution in [0.4, 0.5) is 5.13 Å². The van der Waals surface area contributed by atoms with Crippen molar-refractivity contribution in [2.24, 2.45) is 0 Å². The summed E-state index contributed by atoms with van der Waals surface area (Å²) in [5, 5.41) is 11.8. The fraction of sp³-hybridized carbons (Fsp3) is 0.733. The molecule has 6 heteroatoms. The fourth-order valence-corrected chi connectivity index (χ4v) is 4.19. The van der Waals surface area contributed by atoms with Gasteiger partial charge in [-0.15, -0.1) is 11.3 Å². The molecule has 1 N–H and O–H groups in total. The topological polar surface area (TPSA) is 56.7 Å². The minimum Gasteiger partial charge on any atom is -0.481 e. The highest BCUT2D eigenvalue weighted by atomic mass is 32.1. The van der Waals surface area contributed by atoms with Crippen molar-refractivity contribution in [2.75, 3.05) is 31.1 Å². The molecule has 0 spiro atoms. The molecule has 0 aromatic carbocycles. The van der Waals surface area contributed by atoms with E-state index in [1.54, 1.807) is 11.3 Å². The zero-order valence-electron chi connectivity index (χ0n) is 12.3. The molecule has 3 rings (SSSR count). The van der Waals surface area contributed by atoms with Gasteiger partial charge in [-0.3, -0.25) is 9.69 Å². The van der Waals surface area contributed by atoms with Crippen LogP contribution in [-0.2, 0) is 11.2 Å². The standard InChI is InChI=1S/C15H23N3O2S/c19-14(20)5-4-12-11-21-15(16-12)18-9-6-13(10-18)17-7-2-1-3-8-17/h11,13H,1-10H2,(H,19,20). The van der Waals surface area contributed by atoms with E-state index in [0.29, 0.717) is 12.5 Å². The highest BCUT2D eigenvalue weighted by Crippen LogP contribution is 2.28. The zero-order valence-corrected chi connectivity index (χ0v) is 13.1. The number of carboxylic acids is 1. The molecular weight excluding hydrogens is 286 g/mol. The Morgan fingerprint density at radius 2 is 2.14 bits per heavy atom. The van der Waals surface area contributed by atoms with E-state index in [0.717, 1.165) is 23.9 Å². The third kappa shape index (κ3) is 3.74. The van der Waals surface area contributed by atoms with Crippen LogP contribution < -0.4 is 4.90 Å². The number of carbonyl (C=O) groups is 1. The van der Waals surface area contributed by atoms with Gasteiger partial charge in [0.25, 0.3) is 0 Å². The summed E-state index contributed by atoms with van der Waals surface area (Å²) in [6.45, 7) is 4.65. The Balaban J connectivity index is 1.54. The third-order valence-corrected chi connectivity index (χ3v) is 5.43. The molecule has 1 aromatic heterocycles. The molecule has 0 amide bonds. The summed E-state index contributed by atoms with van der Waals surface area (Å²) in [4.78, 5) is 20.2. The lowest BCUT2D eigenvalue weighted by molar-refractivity contribution is -0.136. The van der Waals surface area contributed by atoms with Gasteiger partial charge < -0.3 is 10.0 Å². The van der Waals surface area contributed by atoms with Crippen molar-refractivity contribution < 1.29 is 9.90 Å². The largest absolute Gasteiger partial charge is 0.481 e. The Morgan fingerprint density at radius 3 is 2.90 bits per heavy atom. The smallest absolute Gasteiger partial charge is 0.303 e. The van der Waals surface area contributed by atoms with Gasteiger partial charge in [0, 0.05) is 30.9 Å². The maximum Gasteiger partial charge on any atom is 0.303 e. The second kappa shape index (κ2) is 6.75. The predicted molar refractivity (Wildman–Crippen MR) is 84.1 cm³/mol. The van der Waals surface area contributed by atoms with Crippen LogP contribution in [0, 0.1) is 0 Å². The summed E-state index contributed by atoms with van der Waals surface area (Å²) in [5.41, 5.74) is 0.916. The van der Waals surface area contributed by atoms with E-state index in [2.05, 4.69) is 14.8 Å². The number of aromatic nitrogens is 1. The van der Waals surface area contributed by atoms with Gasteiger partial charge in [0.15, 0.2) is 5.13 Å². The van der Waals surface area contributed by atoms with Crippen molar-refractivity contribution in [3.63, 3.8) is 0 Å². The molecule has 0 aliphatic carbocycles. The number of thiazole rings is 1. The summed E-state index contributed by atoms with van der Waals surface area (Å²) >= 11 is 1.65. The number of hydrogen-bond acceptors (Lipinski definition) is 5. The van der Waals surface area contributed by atoms with Crippen molar-refractivity contribution in [3.05, 3.63) is 11.1 Å². The van der Waals surface area contributed by atoms with E-state index in [4.69, 9.17) is 5.11 Å². The number of aliphatic carboxylic acids is 1. The average Bonchev–Trinajstić information content (AvgIpc) is 3.15. The van der Waals surface area contributed by atoms with E-state index >= 15 is 0 Å². The lowest BCUT2D eigenvalue weighted by atomic mass is 10.1.